The van der Waals surface area contributed by atoms with E-state index in [2.05, 4.69) is 11.0 Å². The molecule has 0 aliphatic heterocycles. The Kier molecular flexibility index (Phi) is 6.48. The molecule has 0 aliphatic carbocycles. The predicted molar refractivity (Wildman–Crippen MR) is 78.0 cm³/mol. The zero-order chi connectivity index (χ0) is 15.2. The van der Waals surface area contributed by atoms with Gasteiger partial charge in [0.2, 0.25) is 0 Å². The van der Waals surface area contributed by atoms with Gasteiger partial charge in [0.05, 0.1) is 0 Å². The van der Waals surface area contributed by atoms with E-state index in [9.17, 15) is 13.2 Å². The van der Waals surface area contributed by atoms with Crippen LogP contribution in [-0.2, 0) is 6.42 Å². The smallest absolute Gasteiger partial charge is 0.329 e. The second-order valence-electron chi connectivity index (χ2n) is 5.42. The van der Waals surface area contributed by atoms with E-state index in [4.69, 9.17) is 5.73 Å². The molecule has 0 aliphatic rings. The van der Waals surface area contributed by atoms with E-state index in [0.717, 1.165) is 13.0 Å². The molecule has 0 spiro atoms. The fourth-order valence-electron chi connectivity index (χ4n) is 2.12. The fraction of sp³-hybridized carbons (Fsp3) is 0.714. The number of halogens is 3. The number of thiophene rings is 1. The molecule has 0 saturated carbocycles. The van der Waals surface area contributed by atoms with Crippen LogP contribution in [0.4, 0.5) is 13.2 Å². The van der Waals surface area contributed by atoms with Crippen LogP contribution in [-0.4, -0.2) is 36.8 Å². The molecule has 1 unspecified atom stereocenters. The van der Waals surface area contributed by atoms with Gasteiger partial charge in [0.15, 0.2) is 0 Å². The molecule has 0 aromatic carbocycles. The molecule has 2 nitrogen and oxygen atoms in total. The Morgan fingerprint density at radius 2 is 2.00 bits per heavy atom. The molecule has 2 N–H and O–H groups in total. The van der Waals surface area contributed by atoms with Crippen molar-refractivity contribution < 1.29 is 13.2 Å². The van der Waals surface area contributed by atoms with E-state index in [0.29, 0.717) is 13.0 Å². The molecule has 1 rings (SSSR count). The fourth-order valence-corrected chi connectivity index (χ4v) is 2.82. The van der Waals surface area contributed by atoms with Crippen LogP contribution in [0.15, 0.2) is 17.5 Å². The van der Waals surface area contributed by atoms with Crippen LogP contribution in [0.1, 0.15) is 31.1 Å². The van der Waals surface area contributed by atoms with Crippen molar-refractivity contribution in [2.24, 2.45) is 5.73 Å². The molecule has 1 heterocycles. The van der Waals surface area contributed by atoms with Gasteiger partial charge in [0.25, 0.3) is 0 Å². The summed E-state index contributed by atoms with van der Waals surface area (Å²) < 4.78 is 36.7. The Morgan fingerprint density at radius 1 is 1.30 bits per heavy atom. The molecule has 20 heavy (non-hydrogen) atoms. The van der Waals surface area contributed by atoms with Crippen molar-refractivity contribution >= 4 is 11.3 Å². The highest BCUT2D eigenvalue weighted by Gasteiger charge is 2.31. The van der Waals surface area contributed by atoms with E-state index in [1.54, 1.807) is 11.3 Å². The van der Waals surface area contributed by atoms with Crippen LogP contribution >= 0.6 is 11.3 Å². The van der Waals surface area contributed by atoms with Crippen LogP contribution in [0, 0.1) is 0 Å². The summed E-state index contributed by atoms with van der Waals surface area (Å²) >= 11 is 1.70. The second kappa shape index (κ2) is 7.43. The summed E-state index contributed by atoms with van der Waals surface area (Å²) in [7, 11) is 1.94. The maximum absolute atomic E-state index is 12.2. The minimum absolute atomic E-state index is 0.126. The highest BCUT2D eigenvalue weighted by Crippen LogP contribution is 2.27. The lowest BCUT2D eigenvalue weighted by atomic mass is 9.92. The number of hydrogen-bond acceptors (Lipinski definition) is 3. The van der Waals surface area contributed by atoms with Crippen molar-refractivity contribution in [3.63, 3.8) is 0 Å². The molecule has 1 aromatic heterocycles. The topological polar surface area (TPSA) is 29.3 Å². The van der Waals surface area contributed by atoms with Crippen molar-refractivity contribution in [1.82, 2.24) is 4.90 Å². The van der Waals surface area contributed by atoms with Crippen molar-refractivity contribution in [2.75, 3.05) is 20.1 Å². The average molecular weight is 308 g/mol. The van der Waals surface area contributed by atoms with Gasteiger partial charge in [-0.05, 0) is 44.7 Å². The third-order valence-corrected chi connectivity index (χ3v) is 4.75. The van der Waals surface area contributed by atoms with Gasteiger partial charge in [-0.3, -0.25) is 4.90 Å². The Hall–Kier alpha value is -0.590. The molecular weight excluding hydrogens is 285 g/mol. The monoisotopic (exact) mass is 308 g/mol. The number of rotatable bonds is 8. The van der Waals surface area contributed by atoms with Crippen molar-refractivity contribution in [2.45, 2.75) is 44.3 Å². The largest absolute Gasteiger partial charge is 0.389 e. The first-order valence-electron chi connectivity index (χ1n) is 6.77. The molecule has 0 bridgehead atoms. The average Bonchev–Trinajstić information content (AvgIpc) is 2.87. The van der Waals surface area contributed by atoms with E-state index < -0.39 is 12.6 Å². The van der Waals surface area contributed by atoms with E-state index in [-0.39, 0.29) is 12.0 Å². The van der Waals surface area contributed by atoms with Crippen LogP contribution in [0.5, 0.6) is 0 Å². The van der Waals surface area contributed by atoms with Crippen LogP contribution in [0.3, 0.4) is 0 Å². The molecule has 6 heteroatoms. The van der Waals surface area contributed by atoms with Gasteiger partial charge in [0, 0.05) is 29.9 Å². The van der Waals surface area contributed by atoms with Crippen LogP contribution in [0.2, 0.25) is 0 Å². The Morgan fingerprint density at radius 3 is 2.50 bits per heavy atom. The van der Waals surface area contributed by atoms with Crippen molar-refractivity contribution in [3.8, 4) is 0 Å². The molecular formula is C14H23F3N2S. The molecule has 1 aromatic rings. The van der Waals surface area contributed by atoms with Gasteiger partial charge in [0.1, 0.15) is 0 Å². The van der Waals surface area contributed by atoms with Gasteiger partial charge >= 0.3 is 6.18 Å². The zero-order valence-corrected chi connectivity index (χ0v) is 12.9. The summed E-state index contributed by atoms with van der Waals surface area (Å²) in [5.74, 6) is 0. The van der Waals surface area contributed by atoms with Crippen LogP contribution in [0.25, 0.3) is 0 Å². The normalized spacial score (nSPS) is 15.6. The first kappa shape index (κ1) is 17.5. The summed E-state index contributed by atoms with van der Waals surface area (Å²) in [6.45, 7) is 3.11. The molecule has 0 radical (unpaired) electrons. The number of nitrogens with two attached hydrogens (primary N) is 1. The molecule has 1 atom stereocenters. The Labute approximate surface area is 122 Å². The molecule has 116 valence electrons. The summed E-state index contributed by atoms with van der Waals surface area (Å²) in [5.41, 5.74) is 5.41. The summed E-state index contributed by atoms with van der Waals surface area (Å²) in [4.78, 5) is 3.37. The molecule has 0 fully saturated rings. The first-order chi connectivity index (χ1) is 9.27. The van der Waals surface area contributed by atoms with Gasteiger partial charge in [-0.15, -0.1) is 11.3 Å². The zero-order valence-electron chi connectivity index (χ0n) is 12.0. The van der Waals surface area contributed by atoms with E-state index in [1.807, 2.05) is 25.4 Å². The maximum Gasteiger partial charge on any atom is 0.389 e. The number of nitrogens with zero attached hydrogens (tertiary/aromatic N) is 1. The lowest BCUT2D eigenvalue weighted by Crippen LogP contribution is -2.50. The highest BCUT2D eigenvalue weighted by atomic mass is 32.1. The van der Waals surface area contributed by atoms with Gasteiger partial charge in [-0.25, -0.2) is 0 Å². The minimum atomic E-state index is -4.08. The Balaban J connectivity index is 2.44. The highest BCUT2D eigenvalue weighted by molar-refractivity contribution is 7.09. The van der Waals surface area contributed by atoms with Gasteiger partial charge in [-0.2, -0.15) is 13.2 Å². The molecule has 0 saturated heterocycles. The molecule has 0 amide bonds. The summed E-state index contributed by atoms with van der Waals surface area (Å²) in [5, 5.41) is 2.03. The maximum atomic E-state index is 12.2. The summed E-state index contributed by atoms with van der Waals surface area (Å²) in [6, 6.07) is 4.08. The number of alkyl halides is 3. The van der Waals surface area contributed by atoms with Gasteiger partial charge in [-0.1, -0.05) is 6.07 Å². The van der Waals surface area contributed by atoms with Crippen LogP contribution < -0.4 is 5.73 Å². The van der Waals surface area contributed by atoms with E-state index >= 15 is 0 Å². The predicted octanol–water partition coefficient (Wildman–Crippen LogP) is 3.67. The third kappa shape index (κ3) is 5.81. The van der Waals surface area contributed by atoms with Crippen molar-refractivity contribution in [1.29, 1.82) is 0 Å². The van der Waals surface area contributed by atoms with Gasteiger partial charge < -0.3 is 5.73 Å². The number of likely N-dealkylation sites (N-methyl/N-ethyl adjacent to an activating group) is 1. The minimum Gasteiger partial charge on any atom is -0.329 e. The second-order valence-corrected chi connectivity index (χ2v) is 6.45. The third-order valence-electron chi connectivity index (χ3n) is 3.81. The van der Waals surface area contributed by atoms with E-state index in [1.165, 1.54) is 4.88 Å². The Bertz CT molecular complexity index is 378. The number of hydrogen-bond donors (Lipinski definition) is 1. The quantitative estimate of drug-likeness (QED) is 0.794. The standard InChI is InChI=1S/C14H23F3N2S/c1-13(11-18,7-4-8-14(15,16)17)19(2)9-6-12-5-3-10-20-12/h3,5,10H,4,6-9,11,18H2,1-2H3. The van der Waals surface area contributed by atoms with Crippen molar-refractivity contribution in [3.05, 3.63) is 22.4 Å². The lowest BCUT2D eigenvalue weighted by molar-refractivity contribution is -0.136. The summed E-state index contributed by atoms with van der Waals surface area (Å²) in [6.07, 6.45) is -3.32. The lowest BCUT2D eigenvalue weighted by Gasteiger charge is -2.38. The SMILES string of the molecule is CN(CCc1cccs1)C(C)(CN)CCCC(F)(F)F. The first-order valence-corrected chi connectivity index (χ1v) is 7.65.